The Morgan fingerprint density at radius 2 is 1.90 bits per heavy atom. The summed E-state index contributed by atoms with van der Waals surface area (Å²) in [5.74, 6) is 0.767. The first kappa shape index (κ1) is 13.9. The van der Waals surface area contributed by atoms with E-state index in [1.165, 1.54) is 0 Å². The van der Waals surface area contributed by atoms with Crippen molar-refractivity contribution >= 4 is 22.5 Å². The molecule has 0 saturated heterocycles. The molecule has 105 valence electrons. The van der Waals surface area contributed by atoms with Gasteiger partial charge in [-0.3, -0.25) is 0 Å². The maximum Gasteiger partial charge on any atom is 0.141 e. The number of nitrogens with zero attached hydrogens (tertiary/aromatic N) is 1. The van der Waals surface area contributed by atoms with Gasteiger partial charge in [-0.25, -0.2) is 4.98 Å². The van der Waals surface area contributed by atoms with Crippen LogP contribution < -0.4 is 4.74 Å². The Bertz CT molecular complexity index is 769. The summed E-state index contributed by atoms with van der Waals surface area (Å²) in [5, 5.41) is 1.38. The number of pyridine rings is 1. The molecule has 0 spiro atoms. The quantitative estimate of drug-likeness (QED) is 0.624. The van der Waals surface area contributed by atoms with E-state index < -0.39 is 0 Å². The van der Waals surface area contributed by atoms with Gasteiger partial charge in [-0.05, 0) is 37.6 Å². The van der Waals surface area contributed by atoms with Crippen LogP contribution in [-0.4, -0.2) is 11.1 Å². The van der Waals surface area contributed by atoms with Crippen molar-refractivity contribution in [1.29, 1.82) is 0 Å². The molecule has 0 N–H and O–H groups in total. The highest BCUT2D eigenvalue weighted by molar-refractivity contribution is 6.33. The standard InChI is InChI=1S/C18H15ClNO/c1-12(2)21-17-14-10-6-7-11-15(14)20-18(19)16(17)13-8-4-3-5-9-13/h3-5,7-12H,1-2H3. The Morgan fingerprint density at radius 1 is 1.14 bits per heavy atom. The molecule has 0 bridgehead atoms. The van der Waals surface area contributed by atoms with Crippen LogP contribution in [-0.2, 0) is 0 Å². The monoisotopic (exact) mass is 296 g/mol. The van der Waals surface area contributed by atoms with Gasteiger partial charge in [-0.15, -0.1) is 0 Å². The van der Waals surface area contributed by atoms with Gasteiger partial charge < -0.3 is 4.74 Å². The van der Waals surface area contributed by atoms with E-state index in [1.807, 2.05) is 62.4 Å². The summed E-state index contributed by atoms with van der Waals surface area (Å²) in [6, 6.07) is 18.6. The highest BCUT2D eigenvalue weighted by Gasteiger charge is 2.17. The smallest absolute Gasteiger partial charge is 0.141 e. The third-order valence-electron chi connectivity index (χ3n) is 3.15. The van der Waals surface area contributed by atoms with Gasteiger partial charge in [0.25, 0.3) is 0 Å². The zero-order valence-electron chi connectivity index (χ0n) is 11.9. The van der Waals surface area contributed by atoms with Crippen LogP contribution in [0.4, 0.5) is 0 Å². The first-order chi connectivity index (χ1) is 10.2. The highest BCUT2D eigenvalue weighted by Crippen LogP contribution is 2.40. The summed E-state index contributed by atoms with van der Waals surface area (Å²) in [6.45, 7) is 4.00. The average molecular weight is 297 g/mol. The topological polar surface area (TPSA) is 22.1 Å². The van der Waals surface area contributed by atoms with Crippen LogP contribution in [0.1, 0.15) is 13.8 Å². The molecule has 0 aliphatic rings. The predicted octanol–water partition coefficient (Wildman–Crippen LogP) is 5.14. The van der Waals surface area contributed by atoms with Crippen LogP contribution in [0.5, 0.6) is 5.75 Å². The third kappa shape index (κ3) is 2.72. The molecule has 2 aromatic carbocycles. The fraction of sp³-hybridized carbons (Fsp3) is 0.167. The van der Waals surface area contributed by atoms with E-state index in [9.17, 15) is 0 Å². The number of ether oxygens (including phenoxy) is 1. The zero-order chi connectivity index (χ0) is 14.8. The van der Waals surface area contributed by atoms with Gasteiger partial charge in [0.15, 0.2) is 0 Å². The molecule has 0 atom stereocenters. The summed E-state index contributed by atoms with van der Waals surface area (Å²) in [5.41, 5.74) is 2.64. The van der Waals surface area contributed by atoms with Gasteiger partial charge in [0.05, 0.1) is 17.2 Å². The van der Waals surface area contributed by atoms with Crippen molar-refractivity contribution in [3.8, 4) is 16.9 Å². The molecule has 0 unspecified atom stereocenters. The van der Waals surface area contributed by atoms with Crippen molar-refractivity contribution in [2.75, 3.05) is 0 Å². The fourth-order valence-electron chi connectivity index (χ4n) is 2.30. The molecular weight excluding hydrogens is 282 g/mol. The van der Waals surface area contributed by atoms with Gasteiger partial charge in [-0.1, -0.05) is 48.0 Å². The SMILES string of the molecule is CC(C)Oc1c(-c2ccccc2)c(Cl)nc2cc[c]cc12. The lowest BCUT2D eigenvalue weighted by Crippen LogP contribution is -2.08. The Hall–Kier alpha value is -2.06. The Morgan fingerprint density at radius 3 is 2.62 bits per heavy atom. The molecular formula is C18H15ClNO. The average Bonchev–Trinajstić information content (AvgIpc) is 2.47. The molecule has 0 aliphatic carbocycles. The number of rotatable bonds is 3. The van der Waals surface area contributed by atoms with E-state index in [0.29, 0.717) is 5.15 Å². The molecule has 0 fully saturated rings. The summed E-state index contributed by atoms with van der Waals surface area (Å²) < 4.78 is 6.05. The maximum atomic E-state index is 6.43. The normalized spacial score (nSPS) is 11.0. The number of fused-ring (bicyclic) bond motifs is 1. The molecule has 0 saturated carbocycles. The van der Waals surface area contributed by atoms with Gasteiger partial charge in [0.1, 0.15) is 10.9 Å². The second-order valence-electron chi connectivity index (χ2n) is 5.08. The number of hydrogen-bond donors (Lipinski definition) is 0. The lowest BCUT2D eigenvalue weighted by Gasteiger charge is -2.17. The van der Waals surface area contributed by atoms with Gasteiger partial charge in [0.2, 0.25) is 0 Å². The highest BCUT2D eigenvalue weighted by atomic mass is 35.5. The van der Waals surface area contributed by atoms with Gasteiger partial charge >= 0.3 is 0 Å². The van der Waals surface area contributed by atoms with Crippen molar-refractivity contribution < 1.29 is 4.74 Å². The molecule has 21 heavy (non-hydrogen) atoms. The van der Waals surface area contributed by atoms with Crippen LogP contribution in [0.15, 0.2) is 48.5 Å². The van der Waals surface area contributed by atoms with Crippen molar-refractivity contribution in [2.24, 2.45) is 0 Å². The first-order valence-electron chi connectivity index (χ1n) is 6.88. The minimum absolute atomic E-state index is 0.0503. The molecule has 1 aromatic heterocycles. The lowest BCUT2D eigenvalue weighted by molar-refractivity contribution is 0.246. The largest absolute Gasteiger partial charge is 0.490 e. The fourth-order valence-corrected chi connectivity index (χ4v) is 2.59. The van der Waals surface area contributed by atoms with E-state index in [2.05, 4.69) is 11.1 Å². The van der Waals surface area contributed by atoms with Crippen molar-refractivity contribution in [2.45, 2.75) is 20.0 Å². The van der Waals surface area contributed by atoms with E-state index in [0.717, 1.165) is 27.8 Å². The van der Waals surface area contributed by atoms with Gasteiger partial charge in [0, 0.05) is 5.39 Å². The van der Waals surface area contributed by atoms with Crippen LogP contribution in [0.25, 0.3) is 22.0 Å². The Labute approximate surface area is 129 Å². The third-order valence-corrected chi connectivity index (χ3v) is 3.43. The lowest BCUT2D eigenvalue weighted by atomic mass is 10.0. The first-order valence-corrected chi connectivity index (χ1v) is 7.26. The van der Waals surface area contributed by atoms with Crippen molar-refractivity contribution in [3.05, 3.63) is 59.8 Å². The van der Waals surface area contributed by atoms with E-state index in [4.69, 9.17) is 16.3 Å². The van der Waals surface area contributed by atoms with Crippen LogP contribution in [0.3, 0.4) is 0 Å². The maximum absolute atomic E-state index is 6.43. The molecule has 1 heterocycles. The van der Waals surface area contributed by atoms with E-state index >= 15 is 0 Å². The van der Waals surface area contributed by atoms with Crippen molar-refractivity contribution in [1.82, 2.24) is 4.98 Å². The summed E-state index contributed by atoms with van der Waals surface area (Å²) in [6.07, 6.45) is 0.0503. The van der Waals surface area contributed by atoms with Crippen LogP contribution in [0.2, 0.25) is 5.15 Å². The summed E-state index contributed by atoms with van der Waals surface area (Å²) in [7, 11) is 0. The Balaban J connectivity index is 2.34. The molecule has 3 aromatic rings. The second kappa shape index (κ2) is 5.74. The molecule has 1 radical (unpaired) electrons. The summed E-state index contributed by atoms with van der Waals surface area (Å²) in [4.78, 5) is 4.49. The van der Waals surface area contributed by atoms with E-state index in [1.54, 1.807) is 0 Å². The molecule has 2 nitrogen and oxygen atoms in total. The van der Waals surface area contributed by atoms with E-state index in [-0.39, 0.29) is 6.10 Å². The van der Waals surface area contributed by atoms with Gasteiger partial charge in [-0.2, -0.15) is 0 Å². The number of aromatic nitrogens is 1. The summed E-state index contributed by atoms with van der Waals surface area (Å²) >= 11 is 6.43. The molecule has 0 aliphatic heterocycles. The minimum atomic E-state index is 0.0503. The molecule has 3 rings (SSSR count). The Kier molecular flexibility index (Phi) is 3.80. The molecule has 0 amide bonds. The van der Waals surface area contributed by atoms with Crippen molar-refractivity contribution in [3.63, 3.8) is 0 Å². The predicted molar refractivity (Wildman–Crippen MR) is 86.8 cm³/mol. The minimum Gasteiger partial charge on any atom is -0.490 e. The zero-order valence-corrected chi connectivity index (χ0v) is 12.7. The number of benzene rings is 2. The number of halogens is 1. The second-order valence-corrected chi connectivity index (χ2v) is 5.44. The van der Waals surface area contributed by atoms with Crippen LogP contribution >= 0.6 is 11.6 Å². The van der Waals surface area contributed by atoms with Crippen LogP contribution in [0, 0.1) is 6.07 Å². The molecule has 3 heteroatoms. The number of hydrogen-bond acceptors (Lipinski definition) is 2.